The van der Waals surface area contributed by atoms with Gasteiger partial charge in [-0.3, -0.25) is 4.79 Å². The lowest BCUT2D eigenvalue weighted by molar-refractivity contribution is -0.272. The second-order valence-electron chi connectivity index (χ2n) is 4.02. The van der Waals surface area contributed by atoms with E-state index in [1.165, 1.54) is 5.32 Å². The standard InChI is InChI=1S/C11H9F7N2O/c12-7-2-1-6(3-5(7)4-19)20-9(21)8(10(13,14)15)11(16,17)18/h1-3,8H,4,19H2,(H,20,21). The topological polar surface area (TPSA) is 55.1 Å². The fraction of sp³-hybridized carbons (Fsp3) is 0.364. The summed E-state index contributed by atoms with van der Waals surface area (Å²) in [5.74, 6) is -7.26. The summed E-state index contributed by atoms with van der Waals surface area (Å²) in [5.41, 5.74) is 4.56. The number of halogens is 7. The molecule has 1 rings (SSSR count). The van der Waals surface area contributed by atoms with Gasteiger partial charge in [0.05, 0.1) is 0 Å². The Balaban J connectivity index is 3.03. The minimum absolute atomic E-state index is 0.164. The zero-order chi connectivity index (χ0) is 16.4. The van der Waals surface area contributed by atoms with Crippen LogP contribution in [0.3, 0.4) is 0 Å². The van der Waals surface area contributed by atoms with Crippen molar-refractivity contribution in [2.75, 3.05) is 5.32 Å². The highest BCUT2D eigenvalue weighted by Gasteiger charge is 2.61. The molecule has 1 aromatic rings. The molecule has 0 aromatic heterocycles. The largest absolute Gasteiger partial charge is 0.409 e. The monoisotopic (exact) mass is 318 g/mol. The summed E-state index contributed by atoms with van der Waals surface area (Å²) in [4.78, 5) is 11.2. The minimum atomic E-state index is -5.79. The Labute approximate surface area is 113 Å². The third-order valence-corrected chi connectivity index (χ3v) is 2.45. The van der Waals surface area contributed by atoms with Gasteiger partial charge in [0.15, 0.2) is 0 Å². The molecule has 0 aliphatic heterocycles. The van der Waals surface area contributed by atoms with Crippen LogP contribution >= 0.6 is 0 Å². The van der Waals surface area contributed by atoms with E-state index in [0.29, 0.717) is 0 Å². The number of carbonyl (C=O) groups excluding carboxylic acids is 1. The van der Waals surface area contributed by atoms with Crippen molar-refractivity contribution in [1.29, 1.82) is 0 Å². The van der Waals surface area contributed by atoms with Crippen LogP contribution in [0.5, 0.6) is 0 Å². The molecule has 3 N–H and O–H groups in total. The molecule has 0 saturated heterocycles. The van der Waals surface area contributed by atoms with Gasteiger partial charge in [-0.25, -0.2) is 4.39 Å². The Morgan fingerprint density at radius 1 is 1.14 bits per heavy atom. The maximum absolute atomic E-state index is 13.1. The number of hydrogen-bond donors (Lipinski definition) is 2. The van der Waals surface area contributed by atoms with Gasteiger partial charge in [0.2, 0.25) is 11.8 Å². The second-order valence-corrected chi connectivity index (χ2v) is 4.02. The van der Waals surface area contributed by atoms with Gasteiger partial charge >= 0.3 is 12.4 Å². The summed E-state index contributed by atoms with van der Waals surface area (Å²) in [6.45, 7) is -0.336. The number of amides is 1. The van der Waals surface area contributed by atoms with Crippen molar-refractivity contribution < 1.29 is 35.5 Å². The van der Waals surface area contributed by atoms with Gasteiger partial charge in [0, 0.05) is 17.8 Å². The van der Waals surface area contributed by atoms with Crippen LogP contribution in [0.4, 0.5) is 36.4 Å². The summed E-state index contributed by atoms with van der Waals surface area (Å²) in [7, 11) is 0. The van der Waals surface area contributed by atoms with Crippen molar-refractivity contribution in [2.45, 2.75) is 18.9 Å². The number of anilines is 1. The van der Waals surface area contributed by atoms with E-state index in [1.807, 2.05) is 0 Å². The van der Waals surface area contributed by atoms with Crippen molar-refractivity contribution in [2.24, 2.45) is 11.7 Å². The third kappa shape index (κ3) is 4.31. The molecule has 0 bridgehead atoms. The van der Waals surface area contributed by atoms with Gasteiger partial charge in [0.25, 0.3) is 0 Å². The summed E-state index contributed by atoms with van der Waals surface area (Å²) >= 11 is 0. The molecule has 0 radical (unpaired) electrons. The van der Waals surface area contributed by atoms with E-state index in [-0.39, 0.29) is 12.1 Å². The van der Waals surface area contributed by atoms with Crippen LogP contribution in [0.25, 0.3) is 0 Å². The van der Waals surface area contributed by atoms with Gasteiger partial charge in [-0.05, 0) is 18.2 Å². The van der Waals surface area contributed by atoms with Crippen molar-refractivity contribution in [3.63, 3.8) is 0 Å². The second kappa shape index (κ2) is 5.88. The summed E-state index contributed by atoms with van der Waals surface area (Å²) in [5, 5.41) is 1.46. The first-order valence-electron chi connectivity index (χ1n) is 5.39. The Morgan fingerprint density at radius 2 is 1.67 bits per heavy atom. The quantitative estimate of drug-likeness (QED) is 0.842. The lowest BCUT2D eigenvalue weighted by Crippen LogP contribution is -2.45. The number of alkyl halides is 6. The Hall–Kier alpha value is -1.84. The molecule has 21 heavy (non-hydrogen) atoms. The average Bonchev–Trinajstić information content (AvgIpc) is 2.27. The number of carbonyl (C=O) groups is 1. The first kappa shape index (κ1) is 17.2. The van der Waals surface area contributed by atoms with Gasteiger partial charge in [-0.15, -0.1) is 0 Å². The Bertz CT molecular complexity index is 510. The van der Waals surface area contributed by atoms with Gasteiger partial charge in [-0.1, -0.05) is 0 Å². The molecule has 0 heterocycles. The predicted molar refractivity (Wildman–Crippen MR) is 58.5 cm³/mol. The lowest BCUT2D eigenvalue weighted by Gasteiger charge is -2.22. The van der Waals surface area contributed by atoms with E-state index in [9.17, 15) is 35.5 Å². The highest BCUT2D eigenvalue weighted by Crippen LogP contribution is 2.39. The highest BCUT2D eigenvalue weighted by molar-refractivity contribution is 5.93. The van der Waals surface area contributed by atoms with Crippen LogP contribution in [-0.4, -0.2) is 18.3 Å². The fourth-order valence-corrected chi connectivity index (χ4v) is 1.51. The fourth-order valence-electron chi connectivity index (χ4n) is 1.51. The van der Waals surface area contributed by atoms with E-state index in [4.69, 9.17) is 5.73 Å². The number of benzene rings is 1. The molecule has 0 spiro atoms. The van der Waals surface area contributed by atoms with E-state index >= 15 is 0 Å². The van der Waals surface area contributed by atoms with Gasteiger partial charge in [0.1, 0.15) is 5.82 Å². The molecule has 1 aromatic carbocycles. The van der Waals surface area contributed by atoms with Crippen molar-refractivity contribution in [3.05, 3.63) is 29.6 Å². The summed E-state index contributed by atoms with van der Waals surface area (Å²) < 4.78 is 87.0. The molecule has 0 saturated carbocycles. The molecule has 1 amide bonds. The van der Waals surface area contributed by atoms with Crippen LogP contribution in [-0.2, 0) is 11.3 Å². The summed E-state index contributed by atoms with van der Waals surface area (Å²) in [6, 6.07) is 2.46. The molecule has 0 aliphatic carbocycles. The van der Waals surface area contributed by atoms with E-state index in [2.05, 4.69) is 0 Å². The first-order valence-corrected chi connectivity index (χ1v) is 5.39. The van der Waals surface area contributed by atoms with Gasteiger partial charge < -0.3 is 11.1 Å². The summed E-state index contributed by atoms with van der Waals surface area (Å²) in [6.07, 6.45) is -11.6. The number of nitrogens with one attached hydrogen (secondary N) is 1. The minimum Gasteiger partial charge on any atom is -0.326 e. The van der Waals surface area contributed by atoms with Crippen LogP contribution < -0.4 is 11.1 Å². The normalized spacial score (nSPS) is 12.6. The highest BCUT2D eigenvalue weighted by atomic mass is 19.4. The number of rotatable bonds is 3. The van der Waals surface area contributed by atoms with Crippen molar-refractivity contribution in [3.8, 4) is 0 Å². The predicted octanol–water partition coefficient (Wildman–Crippen LogP) is 2.96. The zero-order valence-corrected chi connectivity index (χ0v) is 10.1. The Morgan fingerprint density at radius 3 is 2.10 bits per heavy atom. The number of nitrogens with two attached hydrogens (primary N) is 1. The molecule has 0 aliphatic rings. The smallest absolute Gasteiger partial charge is 0.326 e. The molecule has 118 valence electrons. The van der Waals surface area contributed by atoms with Gasteiger partial charge in [-0.2, -0.15) is 26.3 Å². The molecular weight excluding hydrogens is 309 g/mol. The molecule has 0 atom stereocenters. The van der Waals surface area contributed by atoms with E-state index < -0.39 is 35.7 Å². The maximum Gasteiger partial charge on any atom is 0.409 e. The van der Waals surface area contributed by atoms with E-state index in [0.717, 1.165) is 18.2 Å². The van der Waals surface area contributed by atoms with Crippen LogP contribution in [0.15, 0.2) is 18.2 Å². The van der Waals surface area contributed by atoms with Crippen LogP contribution in [0.1, 0.15) is 5.56 Å². The van der Waals surface area contributed by atoms with Crippen LogP contribution in [0, 0.1) is 11.7 Å². The van der Waals surface area contributed by atoms with Crippen LogP contribution in [0.2, 0.25) is 0 Å². The molecule has 0 unspecified atom stereocenters. The SMILES string of the molecule is NCc1cc(NC(=O)C(C(F)(F)F)C(F)(F)F)ccc1F. The first-order chi connectivity index (χ1) is 9.46. The molecular formula is C11H9F7N2O. The average molecular weight is 318 g/mol. The zero-order valence-electron chi connectivity index (χ0n) is 10.1. The third-order valence-electron chi connectivity index (χ3n) is 2.45. The molecule has 3 nitrogen and oxygen atoms in total. The molecule has 0 fully saturated rings. The molecule has 10 heteroatoms. The Kier molecular flexibility index (Phi) is 4.82. The lowest BCUT2D eigenvalue weighted by atomic mass is 10.1. The van der Waals surface area contributed by atoms with Crippen molar-refractivity contribution in [1.82, 2.24) is 0 Å². The van der Waals surface area contributed by atoms with E-state index in [1.54, 1.807) is 0 Å². The van der Waals surface area contributed by atoms with Crippen molar-refractivity contribution >= 4 is 11.6 Å². The number of hydrogen-bond acceptors (Lipinski definition) is 2. The maximum atomic E-state index is 13.1.